The van der Waals surface area contributed by atoms with Crippen molar-refractivity contribution in [3.63, 3.8) is 0 Å². The van der Waals surface area contributed by atoms with E-state index in [0.717, 1.165) is 0 Å². The molecule has 1 aromatic rings. The molecule has 1 fully saturated rings. The molecule has 60 valence electrons. The molecule has 1 atom stereocenters. The summed E-state index contributed by atoms with van der Waals surface area (Å²) >= 11 is 0. The van der Waals surface area contributed by atoms with Crippen molar-refractivity contribution in [2.24, 2.45) is 0 Å². The SMILES string of the molecule is c1cc(C2CCCCN2)c[nH]1. The lowest BCUT2D eigenvalue weighted by molar-refractivity contribution is 0.412. The van der Waals surface area contributed by atoms with Gasteiger partial charge in [-0.25, -0.2) is 0 Å². The summed E-state index contributed by atoms with van der Waals surface area (Å²) in [6.45, 7) is 1.18. The molecule has 2 rings (SSSR count). The van der Waals surface area contributed by atoms with Gasteiger partial charge in [0, 0.05) is 18.4 Å². The zero-order valence-corrected chi connectivity index (χ0v) is 6.64. The number of piperidine rings is 1. The van der Waals surface area contributed by atoms with Gasteiger partial charge in [-0.05, 0) is 31.0 Å². The van der Waals surface area contributed by atoms with Crippen LogP contribution < -0.4 is 5.32 Å². The topological polar surface area (TPSA) is 27.8 Å². The predicted molar refractivity (Wildman–Crippen MR) is 45.4 cm³/mol. The van der Waals surface area contributed by atoms with Crippen LogP contribution in [0.25, 0.3) is 0 Å². The predicted octanol–water partition coefficient (Wildman–Crippen LogP) is 1.83. The zero-order valence-electron chi connectivity index (χ0n) is 6.64. The molecule has 1 unspecified atom stereocenters. The molecule has 2 heterocycles. The normalized spacial score (nSPS) is 25.3. The van der Waals surface area contributed by atoms with Gasteiger partial charge in [-0.15, -0.1) is 0 Å². The highest BCUT2D eigenvalue weighted by atomic mass is 14.9. The highest BCUT2D eigenvalue weighted by Gasteiger charge is 2.13. The van der Waals surface area contributed by atoms with Gasteiger partial charge < -0.3 is 10.3 Å². The average molecular weight is 150 g/mol. The third-order valence-electron chi connectivity index (χ3n) is 2.33. The minimum atomic E-state index is 0.606. The maximum Gasteiger partial charge on any atom is 0.0335 e. The van der Waals surface area contributed by atoms with E-state index < -0.39 is 0 Å². The lowest BCUT2D eigenvalue weighted by atomic mass is 10.0. The summed E-state index contributed by atoms with van der Waals surface area (Å²) in [5.74, 6) is 0. The molecule has 0 bridgehead atoms. The number of H-pyrrole nitrogens is 1. The van der Waals surface area contributed by atoms with Crippen LogP contribution in [-0.2, 0) is 0 Å². The molecule has 2 heteroatoms. The summed E-state index contributed by atoms with van der Waals surface area (Å²) in [5, 5.41) is 3.50. The van der Waals surface area contributed by atoms with Gasteiger partial charge in [0.05, 0.1) is 0 Å². The summed E-state index contributed by atoms with van der Waals surface area (Å²) < 4.78 is 0. The second-order valence-electron chi connectivity index (χ2n) is 3.15. The van der Waals surface area contributed by atoms with Crippen LogP contribution in [0.3, 0.4) is 0 Å². The third-order valence-corrected chi connectivity index (χ3v) is 2.33. The number of hydrogen-bond acceptors (Lipinski definition) is 1. The first-order chi connectivity index (χ1) is 5.47. The summed E-state index contributed by atoms with van der Waals surface area (Å²) in [4.78, 5) is 3.09. The van der Waals surface area contributed by atoms with Crippen molar-refractivity contribution in [3.05, 3.63) is 24.0 Å². The van der Waals surface area contributed by atoms with Crippen LogP contribution in [0.5, 0.6) is 0 Å². The van der Waals surface area contributed by atoms with Gasteiger partial charge in [-0.2, -0.15) is 0 Å². The monoisotopic (exact) mass is 150 g/mol. The third kappa shape index (κ3) is 1.46. The first kappa shape index (κ1) is 6.92. The van der Waals surface area contributed by atoms with Crippen molar-refractivity contribution in [1.82, 2.24) is 10.3 Å². The van der Waals surface area contributed by atoms with Crippen LogP contribution >= 0.6 is 0 Å². The molecule has 2 nitrogen and oxygen atoms in total. The Bertz CT molecular complexity index is 197. The fourth-order valence-electron chi connectivity index (χ4n) is 1.69. The fraction of sp³-hybridized carbons (Fsp3) is 0.556. The Morgan fingerprint density at radius 1 is 1.36 bits per heavy atom. The van der Waals surface area contributed by atoms with Gasteiger partial charge in [0.15, 0.2) is 0 Å². The summed E-state index contributed by atoms with van der Waals surface area (Å²) in [7, 11) is 0. The van der Waals surface area contributed by atoms with Crippen molar-refractivity contribution in [1.29, 1.82) is 0 Å². The molecule has 0 aromatic carbocycles. The second kappa shape index (κ2) is 3.09. The molecule has 1 aliphatic heterocycles. The lowest BCUT2D eigenvalue weighted by Gasteiger charge is -2.22. The average Bonchev–Trinajstić information content (AvgIpc) is 2.58. The van der Waals surface area contributed by atoms with Crippen LogP contribution in [-0.4, -0.2) is 11.5 Å². The number of rotatable bonds is 1. The Labute approximate surface area is 67.0 Å². The van der Waals surface area contributed by atoms with Crippen molar-refractivity contribution in [2.75, 3.05) is 6.54 Å². The van der Waals surface area contributed by atoms with E-state index in [9.17, 15) is 0 Å². The van der Waals surface area contributed by atoms with Crippen LogP contribution in [0.4, 0.5) is 0 Å². The van der Waals surface area contributed by atoms with Crippen molar-refractivity contribution < 1.29 is 0 Å². The number of aromatic nitrogens is 1. The van der Waals surface area contributed by atoms with Gasteiger partial charge in [0.25, 0.3) is 0 Å². The molecule has 1 aromatic heterocycles. The maximum absolute atomic E-state index is 3.50. The highest BCUT2D eigenvalue weighted by Crippen LogP contribution is 2.21. The van der Waals surface area contributed by atoms with E-state index in [1.807, 2.05) is 6.20 Å². The molecule has 1 aliphatic rings. The van der Waals surface area contributed by atoms with E-state index in [2.05, 4.69) is 22.6 Å². The number of aromatic amines is 1. The van der Waals surface area contributed by atoms with Gasteiger partial charge in [-0.1, -0.05) is 6.42 Å². The molecule has 0 saturated carbocycles. The second-order valence-corrected chi connectivity index (χ2v) is 3.15. The van der Waals surface area contributed by atoms with Crippen molar-refractivity contribution in [2.45, 2.75) is 25.3 Å². The summed E-state index contributed by atoms with van der Waals surface area (Å²) in [6, 6.07) is 2.76. The van der Waals surface area contributed by atoms with E-state index in [1.54, 1.807) is 0 Å². The molecule has 0 aliphatic carbocycles. The molecule has 0 amide bonds. The largest absolute Gasteiger partial charge is 0.367 e. The molecule has 2 N–H and O–H groups in total. The Hall–Kier alpha value is -0.760. The lowest BCUT2D eigenvalue weighted by Crippen LogP contribution is -2.26. The van der Waals surface area contributed by atoms with Gasteiger partial charge in [0.1, 0.15) is 0 Å². The molecule has 0 radical (unpaired) electrons. The van der Waals surface area contributed by atoms with Gasteiger partial charge in [0.2, 0.25) is 0 Å². The Morgan fingerprint density at radius 2 is 2.36 bits per heavy atom. The van der Waals surface area contributed by atoms with Crippen LogP contribution in [0.2, 0.25) is 0 Å². The first-order valence-corrected chi connectivity index (χ1v) is 4.33. The minimum absolute atomic E-state index is 0.606. The van der Waals surface area contributed by atoms with E-state index in [0.29, 0.717) is 6.04 Å². The molecular formula is C9H14N2. The van der Waals surface area contributed by atoms with E-state index in [4.69, 9.17) is 0 Å². The van der Waals surface area contributed by atoms with E-state index in [-0.39, 0.29) is 0 Å². The standard InChI is InChI=1S/C9H14N2/c1-2-5-11-9(3-1)8-4-6-10-7-8/h4,6-7,9-11H,1-3,5H2. The summed E-state index contributed by atoms with van der Waals surface area (Å²) in [5.41, 5.74) is 1.41. The molecule has 11 heavy (non-hydrogen) atoms. The number of nitrogens with one attached hydrogen (secondary N) is 2. The smallest absolute Gasteiger partial charge is 0.0335 e. The summed E-state index contributed by atoms with van der Waals surface area (Å²) in [6.07, 6.45) is 8.07. The number of hydrogen-bond donors (Lipinski definition) is 2. The molecule has 0 spiro atoms. The quantitative estimate of drug-likeness (QED) is 0.628. The molecular weight excluding hydrogens is 136 g/mol. The Morgan fingerprint density at radius 3 is 3.00 bits per heavy atom. The minimum Gasteiger partial charge on any atom is -0.367 e. The zero-order chi connectivity index (χ0) is 7.52. The maximum atomic E-state index is 3.50. The highest BCUT2D eigenvalue weighted by molar-refractivity contribution is 5.14. The van der Waals surface area contributed by atoms with E-state index in [1.165, 1.54) is 31.4 Å². The van der Waals surface area contributed by atoms with Crippen LogP contribution in [0.1, 0.15) is 30.9 Å². The molecule has 1 saturated heterocycles. The van der Waals surface area contributed by atoms with Crippen molar-refractivity contribution >= 4 is 0 Å². The van der Waals surface area contributed by atoms with Gasteiger partial charge >= 0.3 is 0 Å². The van der Waals surface area contributed by atoms with Crippen LogP contribution in [0.15, 0.2) is 18.5 Å². The fourth-order valence-corrected chi connectivity index (χ4v) is 1.69. The van der Waals surface area contributed by atoms with Gasteiger partial charge in [-0.3, -0.25) is 0 Å². The van der Waals surface area contributed by atoms with Crippen molar-refractivity contribution in [3.8, 4) is 0 Å². The first-order valence-electron chi connectivity index (χ1n) is 4.33. The Kier molecular flexibility index (Phi) is 1.95. The van der Waals surface area contributed by atoms with Crippen LogP contribution in [0, 0.1) is 0 Å². The van der Waals surface area contributed by atoms with E-state index >= 15 is 0 Å². The Balaban J connectivity index is 2.04.